The molecule has 0 aliphatic heterocycles. The molecule has 17 heavy (non-hydrogen) atoms. The van der Waals surface area contributed by atoms with Crippen LogP contribution >= 0.6 is 0 Å². The van der Waals surface area contributed by atoms with E-state index < -0.39 is 0 Å². The fraction of sp³-hybridized carbons (Fsp3) is 0.231. The summed E-state index contributed by atoms with van der Waals surface area (Å²) in [5, 5.41) is 12.4. The van der Waals surface area contributed by atoms with E-state index in [9.17, 15) is 4.79 Å². The zero-order valence-corrected chi connectivity index (χ0v) is 9.53. The number of nitrogens with zero attached hydrogens (tertiary/aromatic N) is 1. The Kier molecular flexibility index (Phi) is 3.10. The van der Waals surface area contributed by atoms with Crippen LogP contribution in [0, 0.1) is 17.2 Å². The molecule has 0 bridgehead atoms. The maximum absolute atomic E-state index is 11.8. The average molecular weight is 227 g/mol. The number of amides is 1. The molecular weight excluding hydrogens is 214 g/mol. The van der Waals surface area contributed by atoms with Crippen LogP contribution in [0.15, 0.2) is 30.5 Å². The highest BCUT2D eigenvalue weighted by atomic mass is 16.1. The van der Waals surface area contributed by atoms with Gasteiger partial charge in [-0.15, -0.1) is 0 Å². The SMILES string of the molecule is C[C@@H](C#N)CNC(=O)c1ccc2cc[nH]c2c1. The number of nitriles is 1. The van der Waals surface area contributed by atoms with E-state index in [2.05, 4.69) is 16.4 Å². The Morgan fingerprint density at radius 2 is 2.35 bits per heavy atom. The summed E-state index contributed by atoms with van der Waals surface area (Å²) in [5.41, 5.74) is 1.54. The first-order valence-electron chi connectivity index (χ1n) is 5.45. The van der Waals surface area contributed by atoms with E-state index in [-0.39, 0.29) is 11.8 Å². The van der Waals surface area contributed by atoms with Crippen LogP contribution < -0.4 is 5.32 Å². The van der Waals surface area contributed by atoms with Crippen LogP contribution in [0.5, 0.6) is 0 Å². The predicted molar refractivity (Wildman–Crippen MR) is 65.4 cm³/mol. The van der Waals surface area contributed by atoms with Gasteiger partial charge in [0.05, 0.1) is 12.0 Å². The summed E-state index contributed by atoms with van der Waals surface area (Å²) in [4.78, 5) is 14.9. The molecule has 0 saturated carbocycles. The standard InChI is InChI=1S/C13H13N3O/c1-9(7-14)8-16-13(17)11-3-2-10-4-5-15-12(10)6-11/h2-6,9,15H,8H2,1H3,(H,16,17)/t9-/m0/s1. The van der Waals surface area contributed by atoms with Crippen LogP contribution in [0.4, 0.5) is 0 Å². The quantitative estimate of drug-likeness (QED) is 0.842. The fourth-order valence-electron chi connectivity index (χ4n) is 1.58. The average Bonchev–Trinajstić information content (AvgIpc) is 2.82. The number of nitrogens with one attached hydrogen (secondary N) is 2. The molecule has 2 rings (SSSR count). The third kappa shape index (κ3) is 2.45. The largest absolute Gasteiger partial charge is 0.361 e. The number of H-pyrrole nitrogens is 1. The third-order valence-electron chi connectivity index (χ3n) is 2.61. The number of rotatable bonds is 3. The van der Waals surface area contributed by atoms with Crippen molar-refractivity contribution >= 4 is 16.8 Å². The smallest absolute Gasteiger partial charge is 0.251 e. The molecule has 2 aromatic rings. The summed E-state index contributed by atoms with van der Waals surface area (Å²) >= 11 is 0. The van der Waals surface area contributed by atoms with E-state index in [1.165, 1.54) is 0 Å². The Morgan fingerprint density at radius 3 is 3.12 bits per heavy atom. The summed E-state index contributed by atoms with van der Waals surface area (Å²) in [6, 6.07) is 9.51. The minimum atomic E-state index is -0.173. The van der Waals surface area contributed by atoms with Gasteiger partial charge in [0, 0.05) is 23.8 Å². The lowest BCUT2D eigenvalue weighted by Gasteiger charge is -2.06. The fourth-order valence-corrected chi connectivity index (χ4v) is 1.58. The van der Waals surface area contributed by atoms with Gasteiger partial charge in [0.2, 0.25) is 0 Å². The topological polar surface area (TPSA) is 68.7 Å². The van der Waals surface area contributed by atoms with E-state index in [0.29, 0.717) is 12.1 Å². The normalized spacial score (nSPS) is 12.0. The van der Waals surface area contributed by atoms with Gasteiger partial charge < -0.3 is 10.3 Å². The van der Waals surface area contributed by atoms with Crippen molar-refractivity contribution in [3.63, 3.8) is 0 Å². The maximum Gasteiger partial charge on any atom is 0.251 e. The minimum absolute atomic E-state index is 0.149. The van der Waals surface area contributed by atoms with Crippen LogP contribution in [-0.2, 0) is 0 Å². The third-order valence-corrected chi connectivity index (χ3v) is 2.61. The second kappa shape index (κ2) is 4.71. The van der Waals surface area contributed by atoms with E-state index in [1.54, 1.807) is 13.0 Å². The summed E-state index contributed by atoms with van der Waals surface area (Å²) in [6.45, 7) is 2.15. The van der Waals surface area contributed by atoms with Gasteiger partial charge in [-0.25, -0.2) is 0 Å². The second-order valence-corrected chi connectivity index (χ2v) is 4.02. The molecule has 4 heteroatoms. The Labute approximate surface area is 99.3 Å². The lowest BCUT2D eigenvalue weighted by atomic mass is 10.1. The molecule has 86 valence electrons. The lowest BCUT2D eigenvalue weighted by Crippen LogP contribution is -2.27. The number of fused-ring (bicyclic) bond motifs is 1. The minimum Gasteiger partial charge on any atom is -0.361 e. The number of aromatic nitrogens is 1. The number of carbonyl (C=O) groups excluding carboxylic acids is 1. The molecule has 0 radical (unpaired) electrons. The Balaban J connectivity index is 2.11. The number of aromatic amines is 1. The lowest BCUT2D eigenvalue weighted by molar-refractivity contribution is 0.0951. The van der Waals surface area contributed by atoms with Gasteiger partial charge in [-0.05, 0) is 30.5 Å². The molecule has 1 atom stereocenters. The Hall–Kier alpha value is -2.28. The zero-order valence-electron chi connectivity index (χ0n) is 9.53. The van der Waals surface area contributed by atoms with E-state index in [1.807, 2.05) is 24.4 Å². The van der Waals surface area contributed by atoms with Crippen molar-refractivity contribution in [1.29, 1.82) is 5.26 Å². The molecular formula is C13H13N3O. The van der Waals surface area contributed by atoms with Crippen molar-refractivity contribution in [2.24, 2.45) is 5.92 Å². The summed E-state index contributed by atoms with van der Waals surface area (Å²) < 4.78 is 0. The first kappa shape index (κ1) is 11.2. The second-order valence-electron chi connectivity index (χ2n) is 4.02. The first-order valence-corrected chi connectivity index (χ1v) is 5.45. The van der Waals surface area contributed by atoms with E-state index in [0.717, 1.165) is 10.9 Å². The summed E-state index contributed by atoms with van der Waals surface area (Å²) in [6.07, 6.45) is 1.84. The highest BCUT2D eigenvalue weighted by Gasteiger charge is 2.08. The van der Waals surface area contributed by atoms with Crippen molar-refractivity contribution in [2.45, 2.75) is 6.92 Å². The predicted octanol–water partition coefficient (Wildman–Crippen LogP) is 2.06. The van der Waals surface area contributed by atoms with Crippen molar-refractivity contribution in [2.75, 3.05) is 6.54 Å². The molecule has 0 aliphatic carbocycles. The van der Waals surface area contributed by atoms with Gasteiger partial charge in [0.25, 0.3) is 5.91 Å². The monoisotopic (exact) mass is 227 g/mol. The van der Waals surface area contributed by atoms with Crippen molar-refractivity contribution in [3.8, 4) is 6.07 Å². The molecule has 1 amide bonds. The van der Waals surface area contributed by atoms with Gasteiger partial charge in [-0.2, -0.15) is 5.26 Å². The van der Waals surface area contributed by atoms with Crippen molar-refractivity contribution in [3.05, 3.63) is 36.0 Å². The highest BCUT2D eigenvalue weighted by molar-refractivity contribution is 5.97. The molecule has 4 nitrogen and oxygen atoms in total. The molecule has 2 N–H and O–H groups in total. The van der Waals surface area contributed by atoms with Crippen LogP contribution in [0.2, 0.25) is 0 Å². The molecule has 0 saturated heterocycles. The van der Waals surface area contributed by atoms with Crippen LogP contribution in [0.25, 0.3) is 10.9 Å². The van der Waals surface area contributed by atoms with Gasteiger partial charge in [0.1, 0.15) is 0 Å². The maximum atomic E-state index is 11.8. The van der Waals surface area contributed by atoms with Gasteiger partial charge in [0.15, 0.2) is 0 Å². The molecule has 1 heterocycles. The number of hydrogen-bond acceptors (Lipinski definition) is 2. The number of carbonyl (C=O) groups is 1. The van der Waals surface area contributed by atoms with E-state index >= 15 is 0 Å². The van der Waals surface area contributed by atoms with E-state index in [4.69, 9.17) is 5.26 Å². The van der Waals surface area contributed by atoms with Gasteiger partial charge >= 0.3 is 0 Å². The van der Waals surface area contributed by atoms with Crippen molar-refractivity contribution in [1.82, 2.24) is 10.3 Å². The molecule has 0 unspecified atom stereocenters. The number of hydrogen-bond donors (Lipinski definition) is 2. The molecule has 0 fully saturated rings. The zero-order chi connectivity index (χ0) is 12.3. The molecule has 0 aliphatic rings. The van der Waals surface area contributed by atoms with Crippen LogP contribution in [-0.4, -0.2) is 17.4 Å². The van der Waals surface area contributed by atoms with Gasteiger partial charge in [-0.1, -0.05) is 6.07 Å². The van der Waals surface area contributed by atoms with Gasteiger partial charge in [-0.3, -0.25) is 4.79 Å². The Bertz CT molecular complexity index is 580. The van der Waals surface area contributed by atoms with Crippen LogP contribution in [0.1, 0.15) is 17.3 Å². The molecule has 0 spiro atoms. The Morgan fingerprint density at radius 1 is 1.53 bits per heavy atom. The summed E-state index contributed by atoms with van der Waals surface area (Å²) in [5.74, 6) is -0.322. The number of benzene rings is 1. The molecule has 1 aromatic carbocycles. The molecule has 1 aromatic heterocycles. The first-order chi connectivity index (χ1) is 8.20. The van der Waals surface area contributed by atoms with Crippen LogP contribution in [0.3, 0.4) is 0 Å². The van der Waals surface area contributed by atoms with Crippen molar-refractivity contribution < 1.29 is 4.79 Å². The highest BCUT2D eigenvalue weighted by Crippen LogP contribution is 2.13. The summed E-state index contributed by atoms with van der Waals surface area (Å²) in [7, 11) is 0.